The second-order valence-electron chi connectivity index (χ2n) is 6.88. The number of imide groups is 1. The van der Waals surface area contributed by atoms with Crippen molar-refractivity contribution in [1.29, 1.82) is 0 Å². The minimum Gasteiger partial charge on any atom is -0.490 e. The Hall–Kier alpha value is -3.18. The number of rotatable bonds is 10. The van der Waals surface area contributed by atoms with Gasteiger partial charge in [0.2, 0.25) is 11.1 Å². The summed E-state index contributed by atoms with van der Waals surface area (Å²) in [6.45, 7) is 3.78. The molecular weight excluding hydrogens is 489 g/mol. The van der Waals surface area contributed by atoms with Gasteiger partial charge in [-0.2, -0.15) is 9.37 Å². The molecule has 2 heterocycles. The fourth-order valence-electron chi connectivity index (χ4n) is 2.77. The lowest BCUT2D eigenvalue weighted by atomic mass is 10.2. The molecule has 0 atom stereocenters. The van der Waals surface area contributed by atoms with Crippen LogP contribution in [-0.2, 0) is 14.3 Å². The number of hydrogen-bond donors (Lipinski definition) is 0. The molecule has 1 aliphatic rings. The number of hydrogen-bond acceptors (Lipinski definition) is 9. The molecule has 0 radical (unpaired) electrons. The van der Waals surface area contributed by atoms with E-state index in [1.165, 1.54) is 12.1 Å². The summed E-state index contributed by atoms with van der Waals surface area (Å²) >= 11 is 6.42. The van der Waals surface area contributed by atoms with Gasteiger partial charge in [0.25, 0.3) is 17.0 Å². The number of esters is 1. The van der Waals surface area contributed by atoms with Crippen LogP contribution in [0.25, 0.3) is 6.08 Å². The molecule has 0 spiro atoms. The smallest absolute Gasteiger partial charge is 0.326 e. The van der Waals surface area contributed by atoms with E-state index in [0.29, 0.717) is 23.7 Å². The van der Waals surface area contributed by atoms with Crippen LogP contribution in [0, 0.1) is 5.82 Å². The van der Waals surface area contributed by atoms with E-state index in [0.717, 1.165) is 17.5 Å². The molecule has 0 saturated carbocycles. The molecule has 0 aliphatic carbocycles. The van der Waals surface area contributed by atoms with Gasteiger partial charge >= 0.3 is 5.97 Å². The first-order valence-electron chi connectivity index (χ1n) is 10.4. The summed E-state index contributed by atoms with van der Waals surface area (Å²) in [6, 6.07) is 4.65. The van der Waals surface area contributed by atoms with Crippen LogP contribution in [0.15, 0.2) is 29.3 Å². The summed E-state index contributed by atoms with van der Waals surface area (Å²) in [5.41, 5.74) is 0.521. The molecule has 3 rings (SSSR count). The first-order chi connectivity index (χ1) is 16.3. The zero-order chi connectivity index (χ0) is 24.7. The summed E-state index contributed by atoms with van der Waals surface area (Å²) in [4.78, 5) is 45.0. The summed E-state index contributed by atoms with van der Waals surface area (Å²) in [6.07, 6.45) is 3.93. The van der Waals surface area contributed by atoms with E-state index in [1.54, 1.807) is 19.1 Å². The van der Waals surface area contributed by atoms with Gasteiger partial charge < -0.3 is 14.2 Å². The molecule has 9 nitrogen and oxygen atoms in total. The van der Waals surface area contributed by atoms with E-state index < -0.39 is 29.5 Å². The molecule has 0 bridgehead atoms. The molecule has 0 N–H and O–H groups in total. The lowest BCUT2D eigenvalue weighted by Crippen LogP contribution is -2.34. The van der Waals surface area contributed by atoms with Crippen molar-refractivity contribution in [1.82, 2.24) is 14.9 Å². The van der Waals surface area contributed by atoms with Crippen molar-refractivity contribution in [2.45, 2.75) is 26.7 Å². The number of halogens is 2. The Morgan fingerprint density at radius 2 is 2.06 bits per heavy atom. The molecular formula is C22H21ClFN3O6S. The summed E-state index contributed by atoms with van der Waals surface area (Å²) in [5, 5.41) is -0.749. The topological polar surface area (TPSA) is 108 Å². The predicted octanol–water partition coefficient (Wildman–Crippen LogP) is 4.84. The minimum absolute atomic E-state index is 0.135. The van der Waals surface area contributed by atoms with Crippen LogP contribution in [-0.4, -0.2) is 51.7 Å². The quantitative estimate of drug-likeness (QED) is 0.192. The zero-order valence-electron chi connectivity index (χ0n) is 18.4. The Labute approximate surface area is 204 Å². The van der Waals surface area contributed by atoms with Crippen LogP contribution in [0.1, 0.15) is 32.3 Å². The number of amides is 2. The van der Waals surface area contributed by atoms with Crippen molar-refractivity contribution in [3.63, 3.8) is 0 Å². The Morgan fingerprint density at radius 3 is 2.79 bits per heavy atom. The number of nitrogens with zero attached hydrogens (tertiary/aromatic N) is 3. The number of carbonyl (C=O) groups excluding carboxylic acids is 3. The summed E-state index contributed by atoms with van der Waals surface area (Å²) < 4.78 is 30.0. The largest absolute Gasteiger partial charge is 0.490 e. The molecule has 1 aromatic heterocycles. The van der Waals surface area contributed by atoms with Gasteiger partial charge in [0, 0.05) is 0 Å². The van der Waals surface area contributed by atoms with Crippen LogP contribution in [0.2, 0.25) is 5.28 Å². The standard InChI is InChI=1S/C22H21ClFN3O6S/c1-3-5-8-32-18(28)12-27-20(29)17(34-22(27)30)10-13-6-7-15(16(9-13)31-4-2)33-19-14(24)11-25-21(23)26-19/h6-7,9-11H,3-5,8,12H2,1-2H3/b17-10+. The van der Waals surface area contributed by atoms with Crippen molar-refractivity contribution in [3.8, 4) is 17.4 Å². The third-order valence-electron chi connectivity index (χ3n) is 4.38. The van der Waals surface area contributed by atoms with E-state index in [1.807, 2.05) is 6.92 Å². The molecule has 1 aromatic carbocycles. The lowest BCUT2D eigenvalue weighted by molar-refractivity contribution is -0.146. The highest BCUT2D eigenvalue weighted by Crippen LogP contribution is 2.36. The highest BCUT2D eigenvalue weighted by atomic mass is 35.5. The molecule has 1 fully saturated rings. The van der Waals surface area contributed by atoms with Crippen molar-refractivity contribution >= 4 is 46.6 Å². The third kappa shape index (κ3) is 6.45. The van der Waals surface area contributed by atoms with E-state index in [2.05, 4.69) is 9.97 Å². The van der Waals surface area contributed by atoms with Gasteiger partial charge in [0.05, 0.1) is 24.3 Å². The molecule has 2 amide bonds. The number of aromatic nitrogens is 2. The van der Waals surface area contributed by atoms with Crippen molar-refractivity contribution in [2.24, 2.45) is 0 Å². The third-order valence-corrected chi connectivity index (χ3v) is 5.47. The second-order valence-corrected chi connectivity index (χ2v) is 8.21. The highest BCUT2D eigenvalue weighted by Gasteiger charge is 2.36. The molecule has 1 saturated heterocycles. The number of benzene rings is 1. The average molecular weight is 510 g/mol. The molecule has 2 aromatic rings. The molecule has 0 unspecified atom stereocenters. The lowest BCUT2D eigenvalue weighted by Gasteiger charge is -2.12. The SMILES string of the molecule is CCCCOC(=O)CN1C(=O)S/C(=C/c2ccc(Oc3nc(Cl)ncc3F)c(OCC)c2)C1=O. The van der Waals surface area contributed by atoms with Crippen LogP contribution in [0.5, 0.6) is 17.4 Å². The predicted molar refractivity (Wildman–Crippen MR) is 123 cm³/mol. The normalized spacial score (nSPS) is 14.6. The maximum Gasteiger partial charge on any atom is 0.326 e. The fourth-order valence-corrected chi connectivity index (χ4v) is 3.73. The fraction of sp³-hybridized carbons (Fsp3) is 0.318. The summed E-state index contributed by atoms with van der Waals surface area (Å²) in [5.74, 6) is -2.01. The van der Waals surface area contributed by atoms with Crippen molar-refractivity contribution < 1.29 is 33.0 Å². The Morgan fingerprint density at radius 1 is 1.26 bits per heavy atom. The number of ether oxygens (including phenoxy) is 3. The zero-order valence-corrected chi connectivity index (χ0v) is 20.0. The Balaban J connectivity index is 1.78. The van der Waals surface area contributed by atoms with E-state index in [4.69, 9.17) is 25.8 Å². The monoisotopic (exact) mass is 509 g/mol. The van der Waals surface area contributed by atoms with Crippen molar-refractivity contribution in [3.05, 3.63) is 46.0 Å². The van der Waals surface area contributed by atoms with Crippen LogP contribution < -0.4 is 9.47 Å². The van der Waals surface area contributed by atoms with E-state index >= 15 is 0 Å². The molecule has 34 heavy (non-hydrogen) atoms. The summed E-state index contributed by atoms with van der Waals surface area (Å²) in [7, 11) is 0. The first kappa shape index (κ1) is 25.4. The second kappa shape index (κ2) is 11.8. The molecule has 180 valence electrons. The molecule has 1 aliphatic heterocycles. The van der Waals surface area contributed by atoms with E-state index in [9.17, 15) is 18.8 Å². The maximum absolute atomic E-state index is 13.9. The number of carbonyl (C=O) groups is 3. The molecule has 12 heteroatoms. The van der Waals surface area contributed by atoms with Crippen LogP contribution in [0.4, 0.5) is 9.18 Å². The number of thioether (sulfide) groups is 1. The average Bonchev–Trinajstić information content (AvgIpc) is 3.05. The van der Waals surface area contributed by atoms with Gasteiger partial charge in [0.15, 0.2) is 11.5 Å². The van der Waals surface area contributed by atoms with Crippen LogP contribution in [0.3, 0.4) is 0 Å². The highest BCUT2D eigenvalue weighted by molar-refractivity contribution is 8.18. The van der Waals surface area contributed by atoms with Crippen LogP contribution >= 0.6 is 23.4 Å². The van der Waals surface area contributed by atoms with E-state index in [-0.39, 0.29) is 40.8 Å². The maximum atomic E-state index is 13.9. The Kier molecular flexibility index (Phi) is 8.83. The van der Waals surface area contributed by atoms with Gasteiger partial charge in [-0.3, -0.25) is 19.3 Å². The van der Waals surface area contributed by atoms with Gasteiger partial charge in [0.1, 0.15) is 6.54 Å². The van der Waals surface area contributed by atoms with Gasteiger partial charge in [-0.05, 0) is 60.5 Å². The number of unbranched alkanes of at least 4 members (excludes halogenated alkanes) is 1. The van der Waals surface area contributed by atoms with Crippen molar-refractivity contribution in [2.75, 3.05) is 19.8 Å². The minimum atomic E-state index is -0.808. The Bertz CT molecular complexity index is 1130. The van der Waals surface area contributed by atoms with Gasteiger partial charge in [-0.1, -0.05) is 19.4 Å². The first-order valence-corrected chi connectivity index (χ1v) is 11.6. The van der Waals surface area contributed by atoms with Gasteiger partial charge in [-0.25, -0.2) is 4.98 Å². The van der Waals surface area contributed by atoms with Gasteiger partial charge in [-0.15, -0.1) is 0 Å².